The minimum Gasteiger partial charge on any atom is -0.409 e. The fourth-order valence-electron chi connectivity index (χ4n) is 2.06. The Morgan fingerprint density at radius 2 is 2.10 bits per heavy atom. The van der Waals surface area contributed by atoms with Gasteiger partial charge in [0.15, 0.2) is 5.84 Å². The van der Waals surface area contributed by atoms with Crippen LogP contribution in [0.25, 0.3) is 5.69 Å². The zero-order chi connectivity index (χ0) is 14.7. The number of aryl methyl sites for hydroxylation is 2. The highest BCUT2D eigenvalue weighted by Crippen LogP contribution is 2.22. The zero-order valence-corrected chi connectivity index (χ0v) is 12.2. The SMILES string of the molecule is CCc1cc(CC)n(-c2cc(Cl)ccc2/C(N)=N/O)n1. The van der Waals surface area contributed by atoms with Crippen molar-refractivity contribution in [2.45, 2.75) is 26.7 Å². The maximum absolute atomic E-state index is 8.91. The van der Waals surface area contributed by atoms with E-state index in [1.54, 1.807) is 22.9 Å². The maximum atomic E-state index is 8.91. The zero-order valence-electron chi connectivity index (χ0n) is 11.5. The molecule has 0 spiro atoms. The largest absolute Gasteiger partial charge is 0.409 e. The van der Waals surface area contributed by atoms with E-state index in [9.17, 15) is 0 Å². The minimum atomic E-state index is 0.0345. The number of benzene rings is 1. The summed E-state index contributed by atoms with van der Waals surface area (Å²) in [7, 11) is 0. The number of hydrogen-bond donors (Lipinski definition) is 2. The molecule has 20 heavy (non-hydrogen) atoms. The molecule has 0 unspecified atom stereocenters. The Balaban J connectivity index is 2.67. The number of amidine groups is 1. The van der Waals surface area contributed by atoms with E-state index in [1.807, 2.05) is 0 Å². The van der Waals surface area contributed by atoms with Crippen molar-refractivity contribution in [2.75, 3.05) is 0 Å². The predicted octanol–water partition coefficient (Wildman–Crippen LogP) is 2.75. The van der Waals surface area contributed by atoms with Crippen molar-refractivity contribution in [3.05, 3.63) is 46.2 Å². The van der Waals surface area contributed by atoms with Crippen LogP contribution in [0.2, 0.25) is 5.02 Å². The smallest absolute Gasteiger partial charge is 0.172 e. The van der Waals surface area contributed by atoms with E-state index in [2.05, 4.69) is 30.2 Å². The van der Waals surface area contributed by atoms with E-state index in [0.717, 1.165) is 24.2 Å². The lowest BCUT2D eigenvalue weighted by molar-refractivity contribution is 0.318. The van der Waals surface area contributed by atoms with Crippen LogP contribution in [0, 0.1) is 0 Å². The van der Waals surface area contributed by atoms with E-state index >= 15 is 0 Å². The number of hydrogen-bond acceptors (Lipinski definition) is 3. The lowest BCUT2D eigenvalue weighted by Crippen LogP contribution is -2.17. The van der Waals surface area contributed by atoms with Crippen molar-refractivity contribution in [3.8, 4) is 5.69 Å². The highest BCUT2D eigenvalue weighted by molar-refractivity contribution is 6.31. The van der Waals surface area contributed by atoms with Gasteiger partial charge in [-0.15, -0.1) is 0 Å². The number of nitrogens with zero attached hydrogens (tertiary/aromatic N) is 3. The maximum Gasteiger partial charge on any atom is 0.172 e. The molecule has 106 valence electrons. The summed E-state index contributed by atoms with van der Waals surface area (Å²) >= 11 is 6.07. The quantitative estimate of drug-likeness (QED) is 0.394. The molecule has 6 heteroatoms. The lowest BCUT2D eigenvalue weighted by atomic mass is 10.1. The average molecular weight is 293 g/mol. The van der Waals surface area contributed by atoms with Gasteiger partial charge in [-0.25, -0.2) is 4.68 Å². The Kier molecular flexibility index (Phi) is 4.29. The molecule has 0 aliphatic carbocycles. The first-order chi connectivity index (χ1) is 9.60. The van der Waals surface area contributed by atoms with Crippen LogP contribution in [0.1, 0.15) is 30.8 Å². The molecule has 0 aliphatic heterocycles. The predicted molar refractivity (Wildman–Crippen MR) is 79.8 cm³/mol. The van der Waals surface area contributed by atoms with Gasteiger partial charge in [-0.2, -0.15) is 5.10 Å². The van der Waals surface area contributed by atoms with Gasteiger partial charge in [-0.1, -0.05) is 30.6 Å². The van der Waals surface area contributed by atoms with Crippen LogP contribution in [0.5, 0.6) is 0 Å². The summed E-state index contributed by atoms with van der Waals surface area (Å²) in [6, 6.07) is 7.24. The summed E-state index contributed by atoms with van der Waals surface area (Å²) in [5.74, 6) is 0.0345. The molecule has 0 saturated carbocycles. The molecule has 3 N–H and O–H groups in total. The normalized spacial score (nSPS) is 11.8. The molecular weight excluding hydrogens is 276 g/mol. The number of oxime groups is 1. The molecule has 0 fully saturated rings. The van der Waals surface area contributed by atoms with Crippen molar-refractivity contribution >= 4 is 17.4 Å². The van der Waals surface area contributed by atoms with E-state index in [0.29, 0.717) is 16.3 Å². The molecule has 0 saturated heterocycles. The molecule has 0 radical (unpaired) electrons. The number of aromatic nitrogens is 2. The Morgan fingerprint density at radius 3 is 2.70 bits per heavy atom. The first-order valence-corrected chi connectivity index (χ1v) is 6.84. The van der Waals surface area contributed by atoms with Gasteiger partial charge in [0, 0.05) is 16.3 Å². The molecule has 2 aromatic rings. The van der Waals surface area contributed by atoms with Gasteiger partial charge < -0.3 is 10.9 Å². The van der Waals surface area contributed by atoms with Gasteiger partial charge in [0.25, 0.3) is 0 Å². The molecule has 1 aromatic carbocycles. The van der Waals surface area contributed by atoms with Crippen molar-refractivity contribution < 1.29 is 5.21 Å². The second-order valence-electron chi connectivity index (χ2n) is 4.39. The highest BCUT2D eigenvalue weighted by Gasteiger charge is 2.14. The van der Waals surface area contributed by atoms with E-state index < -0.39 is 0 Å². The average Bonchev–Trinajstić information content (AvgIpc) is 2.89. The third-order valence-electron chi connectivity index (χ3n) is 3.13. The lowest BCUT2D eigenvalue weighted by Gasteiger charge is -2.11. The van der Waals surface area contributed by atoms with E-state index in [4.69, 9.17) is 22.5 Å². The van der Waals surface area contributed by atoms with Gasteiger partial charge in [-0.05, 0) is 37.1 Å². The molecule has 0 bridgehead atoms. The first-order valence-electron chi connectivity index (χ1n) is 6.46. The molecule has 0 atom stereocenters. The van der Waals surface area contributed by atoms with Crippen molar-refractivity contribution in [1.82, 2.24) is 9.78 Å². The Morgan fingerprint density at radius 1 is 1.35 bits per heavy atom. The standard InChI is InChI=1S/C14H17ClN4O/c1-3-10-8-11(4-2)19(17-10)13-7-9(15)5-6-12(13)14(16)18-20/h5-8,20H,3-4H2,1-2H3,(H2,16,18). The van der Waals surface area contributed by atoms with Gasteiger partial charge in [0.1, 0.15) is 0 Å². The van der Waals surface area contributed by atoms with E-state index in [1.165, 1.54) is 0 Å². The summed E-state index contributed by atoms with van der Waals surface area (Å²) in [4.78, 5) is 0. The third kappa shape index (κ3) is 2.63. The fourth-order valence-corrected chi connectivity index (χ4v) is 2.23. The summed E-state index contributed by atoms with van der Waals surface area (Å²) in [5.41, 5.74) is 9.08. The summed E-state index contributed by atoms with van der Waals surface area (Å²) in [5, 5.41) is 17.1. The number of rotatable bonds is 4. The number of halogens is 1. The van der Waals surface area contributed by atoms with Crippen molar-refractivity contribution in [1.29, 1.82) is 0 Å². The topological polar surface area (TPSA) is 76.4 Å². The highest BCUT2D eigenvalue weighted by atomic mass is 35.5. The molecule has 1 aromatic heterocycles. The van der Waals surface area contributed by atoms with Crippen LogP contribution in [-0.2, 0) is 12.8 Å². The summed E-state index contributed by atoms with van der Waals surface area (Å²) in [6.45, 7) is 4.11. The van der Waals surface area contributed by atoms with Crippen LogP contribution in [0.15, 0.2) is 29.4 Å². The molecular formula is C14H17ClN4O. The second-order valence-corrected chi connectivity index (χ2v) is 4.83. The monoisotopic (exact) mass is 292 g/mol. The van der Waals surface area contributed by atoms with Crippen LogP contribution in [0.4, 0.5) is 0 Å². The molecule has 5 nitrogen and oxygen atoms in total. The van der Waals surface area contributed by atoms with Gasteiger partial charge in [0.05, 0.1) is 11.4 Å². The fraction of sp³-hybridized carbons (Fsp3) is 0.286. The van der Waals surface area contributed by atoms with Gasteiger partial charge in [0.2, 0.25) is 0 Å². The Hall–Kier alpha value is -2.01. The molecule has 2 rings (SSSR count). The van der Waals surface area contributed by atoms with Crippen molar-refractivity contribution in [2.24, 2.45) is 10.9 Å². The first kappa shape index (κ1) is 14.4. The van der Waals surface area contributed by atoms with Crippen LogP contribution in [-0.4, -0.2) is 20.8 Å². The molecule has 0 aliphatic rings. The Bertz CT molecular complexity index is 649. The third-order valence-corrected chi connectivity index (χ3v) is 3.36. The van der Waals surface area contributed by atoms with Crippen LogP contribution in [0.3, 0.4) is 0 Å². The summed E-state index contributed by atoms with van der Waals surface area (Å²) in [6.07, 6.45) is 1.68. The minimum absolute atomic E-state index is 0.0345. The number of nitrogens with two attached hydrogens (primary N) is 1. The van der Waals surface area contributed by atoms with Gasteiger partial charge in [-0.3, -0.25) is 0 Å². The van der Waals surface area contributed by atoms with Crippen molar-refractivity contribution in [3.63, 3.8) is 0 Å². The van der Waals surface area contributed by atoms with Gasteiger partial charge >= 0.3 is 0 Å². The Labute approximate surface area is 122 Å². The summed E-state index contributed by atoms with van der Waals surface area (Å²) < 4.78 is 1.80. The van der Waals surface area contributed by atoms with E-state index in [-0.39, 0.29) is 5.84 Å². The molecule has 1 heterocycles. The van der Waals surface area contributed by atoms with Crippen LogP contribution < -0.4 is 5.73 Å². The second kappa shape index (κ2) is 5.96. The molecule has 0 amide bonds. The van der Waals surface area contributed by atoms with Crippen LogP contribution >= 0.6 is 11.6 Å².